The van der Waals surface area contributed by atoms with Crippen LogP contribution < -0.4 is 0 Å². The fraction of sp³-hybridized carbons (Fsp3) is 0.278. The van der Waals surface area contributed by atoms with Gasteiger partial charge in [-0.15, -0.1) is 0 Å². The molecule has 0 aliphatic rings. The Balaban J connectivity index is 2.29. The number of rotatable bonds is 6. The van der Waals surface area contributed by atoms with Crippen molar-refractivity contribution in [3.63, 3.8) is 0 Å². The molecule has 0 saturated heterocycles. The lowest BCUT2D eigenvalue weighted by molar-refractivity contribution is 0.0763. The second-order valence-electron chi connectivity index (χ2n) is 5.67. The maximum atomic E-state index is 12.5. The maximum Gasteiger partial charge on any atom is 0.179 e. The molecule has 0 saturated carbocycles. The molecular weight excluding hydrogens is 312 g/mol. The molecular formula is C18H20O4S. The van der Waals surface area contributed by atoms with Crippen LogP contribution in [-0.4, -0.2) is 31.2 Å². The fourth-order valence-electron chi connectivity index (χ4n) is 2.33. The van der Waals surface area contributed by atoms with E-state index < -0.39 is 27.6 Å². The van der Waals surface area contributed by atoms with Crippen LogP contribution >= 0.6 is 0 Å². The van der Waals surface area contributed by atoms with Crippen LogP contribution in [0, 0.1) is 12.8 Å². The molecule has 0 aliphatic carbocycles. The van der Waals surface area contributed by atoms with Crippen LogP contribution in [-0.2, 0) is 9.84 Å². The molecule has 0 heterocycles. The molecule has 0 fully saturated rings. The molecule has 0 radical (unpaired) electrons. The Morgan fingerprint density at radius 2 is 1.61 bits per heavy atom. The first-order valence-electron chi connectivity index (χ1n) is 7.38. The van der Waals surface area contributed by atoms with Crippen molar-refractivity contribution in [2.45, 2.75) is 24.8 Å². The number of sulfone groups is 1. The van der Waals surface area contributed by atoms with E-state index in [-0.39, 0.29) is 10.7 Å². The predicted octanol–water partition coefficient (Wildman–Crippen LogP) is 2.65. The SMILES string of the molecule is Cc1ccc(S(=O)(=O)C[C@H](C(=O)c2ccccc2)[C@H](C)O)cc1. The van der Waals surface area contributed by atoms with Crippen LogP contribution in [0.5, 0.6) is 0 Å². The first-order chi connectivity index (χ1) is 10.8. The summed E-state index contributed by atoms with van der Waals surface area (Å²) in [6, 6.07) is 14.9. The second-order valence-corrected chi connectivity index (χ2v) is 7.71. The maximum absolute atomic E-state index is 12.5. The van der Waals surface area contributed by atoms with Gasteiger partial charge in [0.2, 0.25) is 0 Å². The van der Waals surface area contributed by atoms with Crippen molar-refractivity contribution in [3.05, 3.63) is 65.7 Å². The largest absolute Gasteiger partial charge is 0.393 e. The van der Waals surface area contributed by atoms with Gasteiger partial charge in [0.15, 0.2) is 15.6 Å². The van der Waals surface area contributed by atoms with Crippen LogP contribution in [0.3, 0.4) is 0 Å². The van der Waals surface area contributed by atoms with Crippen LogP contribution in [0.4, 0.5) is 0 Å². The normalized spacial score (nSPS) is 14.2. The predicted molar refractivity (Wildman–Crippen MR) is 89.2 cm³/mol. The highest BCUT2D eigenvalue weighted by molar-refractivity contribution is 7.91. The summed E-state index contributed by atoms with van der Waals surface area (Å²) in [4.78, 5) is 12.7. The average Bonchev–Trinajstić information content (AvgIpc) is 2.53. The summed E-state index contributed by atoms with van der Waals surface area (Å²) in [7, 11) is -3.66. The lowest BCUT2D eigenvalue weighted by atomic mass is 9.95. The van der Waals surface area contributed by atoms with Crippen molar-refractivity contribution in [1.29, 1.82) is 0 Å². The zero-order chi connectivity index (χ0) is 17.0. The number of aliphatic hydroxyl groups excluding tert-OH is 1. The van der Waals surface area contributed by atoms with E-state index in [1.807, 2.05) is 6.92 Å². The van der Waals surface area contributed by atoms with Gasteiger partial charge in [-0.3, -0.25) is 4.79 Å². The molecule has 2 aromatic rings. The molecule has 122 valence electrons. The summed E-state index contributed by atoms with van der Waals surface area (Å²) in [5.41, 5.74) is 1.36. The molecule has 0 bridgehead atoms. The molecule has 0 unspecified atom stereocenters. The van der Waals surface area contributed by atoms with E-state index >= 15 is 0 Å². The van der Waals surface area contributed by atoms with E-state index in [9.17, 15) is 18.3 Å². The van der Waals surface area contributed by atoms with E-state index in [0.29, 0.717) is 5.56 Å². The number of aryl methyl sites for hydroxylation is 1. The van der Waals surface area contributed by atoms with E-state index in [1.54, 1.807) is 42.5 Å². The number of aliphatic hydroxyl groups is 1. The molecule has 0 spiro atoms. The minimum Gasteiger partial charge on any atom is -0.393 e. The van der Waals surface area contributed by atoms with E-state index in [4.69, 9.17) is 0 Å². The van der Waals surface area contributed by atoms with Gasteiger partial charge in [-0.2, -0.15) is 0 Å². The average molecular weight is 332 g/mol. The minimum atomic E-state index is -3.66. The van der Waals surface area contributed by atoms with E-state index in [0.717, 1.165) is 5.56 Å². The van der Waals surface area contributed by atoms with Gasteiger partial charge < -0.3 is 5.11 Å². The van der Waals surface area contributed by atoms with Gasteiger partial charge in [0.05, 0.1) is 22.7 Å². The Kier molecular flexibility index (Phi) is 5.34. The van der Waals surface area contributed by atoms with Crippen LogP contribution in [0.15, 0.2) is 59.5 Å². The van der Waals surface area contributed by atoms with E-state index in [1.165, 1.54) is 19.1 Å². The topological polar surface area (TPSA) is 71.4 Å². The molecule has 23 heavy (non-hydrogen) atoms. The van der Waals surface area contributed by atoms with Crippen molar-refractivity contribution < 1.29 is 18.3 Å². The summed E-state index contributed by atoms with van der Waals surface area (Å²) in [6.07, 6.45) is -1.05. The summed E-state index contributed by atoms with van der Waals surface area (Å²) in [5.74, 6) is -1.78. The third-order valence-electron chi connectivity index (χ3n) is 3.76. The quantitative estimate of drug-likeness (QED) is 0.826. The number of Topliss-reactive ketones (excluding diaryl/α,β-unsaturated/α-hetero) is 1. The smallest absolute Gasteiger partial charge is 0.179 e. The van der Waals surface area contributed by atoms with Crippen molar-refractivity contribution in [2.75, 3.05) is 5.75 Å². The Morgan fingerprint density at radius 3 is 2.13 bits per heavy atom. The van der Waals surface area contributed by atoms with Gasteiger partial charge in [0.1, 0.15) is 0 Å². The lowest BCUT2D eigenvalue weighted by Crippen LogP contribution is -2.33. The van der Waals surface area contributed by atoms with Gasteiger partial charge >= 0.3 is 0 Å². The summed E-state index contributed by atoms with van der Waals surface area (Å²) in [5, 5.41) is 9.91. The molecule has 5 heteroatoms. The van der Waals surface area contributed by atoms with Crippen molar-refractivity contribution >= 4 is 15.6 Å². The zero-order valence-electron chi connectivity index (χ0n) is 13.1. The number of ketones is 1. The Morgan fingerprint density at radius 1 is 1.04 bits per heavy atom. The van der Waals surface area contributed by atoms with Gasteiger partial charge in [-0.1, -0.05) is 48.0 Å². The van der Waals surface area contributed by atoms with Gasteiger partial charge in [-0.05, 0) is 26.0 Å². The van der Waals surface area contributed by atoms with Gasteiger partial charge in [0.25, 0.3) is 0 Å². The fourth-order valence-corrected chi connectivity index (χ4v) is 3.97. The second kappa shape index (κ2) is 7.06. The zero-order valence-corrected chi connectivity index (χ0v) is 14.0. The molecule has 4 nitrogen and oxygen atoms in total. The first-order valence-corrected chi connectivity index (χ1v) is 9.03. The van der Waals surface area contributed by atoms with Gasteiger partial charge in [0, 0.05) is 5.56 Å². The third kappa shape index (κ3) is 4.27. The standard InChI is InChI=1S/C18H20O4S/c1-13-8-10-16(11-9-13)23(21,22)12-17(14(2)19)18(20)15-6-4-3-5-7-15/h3-11,14,17,19H,12H2,1-2H3/t14-,17-/m0/s1. The number of carbonyl (C=O) groups is 1. The van der Waals surface area contributed by atoms with Crippen LogP contribution in [0.1, 0.15) is 22.8 Å². The Hall–Kier alpha value is -1.98. The number of benzene rings is 2. The van der Waals surface area contributed by atoms with Crippen LogP contribution in [0.2, 0.25) is 0 Å². The Labute approximate surface area is 136 Å². The summed E-state index contributed by atoms with van der Waals surface area (Å²) in [6.45, 7) is 3.31. The highest BCUT2D eigenvalue weighted by Crippen LogP contribution is 2.20. The highest BCUT2D eigenvalue weighted by atomic mass is 32.2. The molecule has 0 amide bonds. The number of carbonyl (C=O) groups excluding carboxylic acids is 1. The highest BCUT2D eigenvalue weighted by Gasteiger charge is 2.31. The summed E-state index contributed by atoms with van der Waals surface area (Å²) >= 11 is 0. The van der Waals surface area contributed by atoms with Crippen molar-refractivity contribution in [1.82, 2.24) is 0 Å². The molecule has 0 aliphatic heterocycles. The van der Waals surface area contributed by atoms with Crippen LogP contribution in [0.25, 0.3) is 0 Å². The molecule has 1 N–H and O–H groups in total. The Bertz CT molecular complexity index is 762. The molecule has 2 atom stereocenters. The first kappa shape index (κ1) is 17.4. The number of hydrogen-bond acceptors (Lipinski definition) is 4. The summed E-state index contributed by atoms with van der Waals surface area (Å²) < 4.78 is 25.1. The third-order valence-corrected chi connectivity index (χ3v) is 5.54. The molecule has 0 aromatic heterocycles. The lowest BCUT2D eigenvalue weighted by Gasteiger charge is -2.19. The molecule has 2 aromatic carbocycles. The monoisotopic (exact) mass is 332 g/mol. The number of hydrogen-bond donors (Lipinski definition) is 1. The van der Waals surface area contributed by atoms with Crippen molar-refractivity contribution in [3.8, 4) is 0 Å². The molecule has 2 rings (SSSR count). The van der Waals surface area contributed by atoms with Crippen molar-refractivity contribution in [2.24, 2.45) is 5.92 Å². The minimum absolute atomic E-state index is 0.162. The van der Waals surface area contributed by atoms with Gasteiger partial charge in [-0.25, -0.2) is 8.42 Å². The van der Waals surface area contributed by atoms with E-state index in [2.05, 4.69) is 0 Å².